The summed E-state index contributed by atoms with van der Waals surface area (Å²) in [7, 11) is 0. The van der Waals surface area contributed by atoms with Crippen LogP contribution in [0.1, 0.15) is 19.3 Å². The van der Waals surface area contributed by atoms with Crippen LogP contribution in [0.4, 0.5) is 23.7 Å². The van der Waals surface area contributed by atoms with Gasteiger partial charge in [0.25, 0.3) is 5.91 Å². The van der Waals surface area contributed by atoms with E-state index in [0.29, 0.717) is 35.8 Å². The van der Waals surface area contributed by atoms with E-state index >= 15 is 0 Å². The topological polar surface area (TPSA) is 94.7 Å². The predicted octanol–water partition coefficient (Wildman–Crippen LogP) is 2.25. The molecule has 4 heterocycles. The molecule has 3 saturated heterocycles. The van der Waals surface area contributed by atoms with Crippen molar-refractivity contribution in [3.63, 3.8) is 0 Å². The van der Waals surface area contributed by atoms with Crippen molar-refractivity contribution in [2.24, 2.45) is 5.92 Å². The Labute approximate surface area is 192 Å². The van der Waals surface area contributed by atoms with E-state index in [9.17, 15) is 22.8 Å². The molecule has 4 atom stereocenters. The van der Waals surface area contributed by atoms with E-state index in [-0.39, 0.29) is 35.0 Å². The molecule has 0 spiro atoms. The number of amides is 3. The summed E-state index contributed by atoms with van der Waals surface area (Å²) in [4.78, 5) is 28.2. The number of nitrogens with zero attached hydrogens (tertiary/aromatic N) is 1. The number of urea groups is 1. The zero-order chi connectivity index (χ0) is 23.2. The number of nitrogens with one attached hydrogen (secondary N) is 4. The van der Waals surface area contributed by atoms with Crippen molar-refractivity contribution in [1.82, 2.24) is 21.3 Å². The average Bonchev–Trinajstić information content (AvgIpc) is 3.13. The van der Waals surface area contributed by atoms with Crippen molar-refractivity contribution in [3.8, 4) is 5.75 Å². The molecule has 178 valence electrons. The van der Waals surface area contributed by atoms with Crippen molar-refractivity contribution in [2.75, 3.05) is 24.5 Å². The molecule has 33 heavy (non-hydrogen) atoms. The van der Waals surface area contributed by atoms with Gasteiger partial charge in [0, 0.05) is 36.0 Å². The summed E-state index contributed by atoms with van der Waals surface area (Å²) in [5.74, 6) is -0.770. The quantitative estimate of drug-likeness (QED) is 0.525. The van der Waals surface area contributed by atoms with E-state index in [1.807, 2.05) is 0 Å². The van der Waals surface area contributed by atoms with Gasteiger partial charge in [-0.1, -0.05) is 17.8 Å². The second-order valence-corrected chi connectivity index (χ2v) is 9.63. The number of alkyl halides is 3. The summed E-state index contributed by atoms with van der Waals surface area (Å²) in [6.45, 7) is 2.27. The molecule has 0 aromatic heterocycles. The SMILES string of the molecule is O=C(N[C@@H]1CCCNC1)C1=C2NC(=O)N(c3cccc(OC(F)(F)F)c3)C3CCNC(S1)C23. The Bertz CT molecular complexity index is 982. The monoisotopic (exact) mass is 483 g/mol. The predicted molar refractivity (Wildman–Crippen MR) is 116 cm³/mol. The standard InChI is InChI=1S/C21H24F3N5O3S/c22-21(23,24)32-13-5-1-4-12(9-13)29-14-6-8-26-19-15(14)16(28-20(29)31)17(33-19)18(30)27-11-3-2-7-25-10-11/h1,4-5,9,11,14-15,19,25-26H,2-3,6-8,10H2,(H,27,30)(H,28,31)/t11-,14?,15?,19?/m1/s1. The van der Waals surface area contributed by atoms with Gasteiger partial charge in [-0.05, 0) is 44.5 Å². The van der Waals surface area contributed by atoms with Gasteiger partial charge < -0.3 is 26.0 Å². The molecule has 5 rings (SSSR count). The van der Waals surface area contributed by atoms with Gasteiger partial charge in [-0.15, -0.1) is 13.2 Å². The Hall–Kier alpha value is -2.44. The van der Waals surface area contributed by atoms with Crippen LogP contribution in [0.15, 0.2) is 34.9 Å². The molecule has 3 fully saturated rings. The van der Waals surface area contributed by atoms with E-state index in [4.69, 9.17) is 0 Å². The lowest BCUT2D eigenvalue weighted by Gasteiger charge is -2.45. The average molecular weight is 484 g/mol. The second kappa shape index (κ2) is 8.73. The van der Waals surface area contributed by atoms with Crippen LogP contribution in [0, 0.1) is 5.92 Å². The maximum absolute atomic E-state index is 13.1. The normalized spacial score (nSPS) is 29.4. The fourth-order valence-corrected chi connectivity index (χ4v) is 6.38. The minimum Gasteiger partial charge on any atom is -0.406 e. The highest BCUT2D eigenvalue weighted by Gasteiger charge is 2.51. The first kappa shape index (κ1) is 22.4. The molecule has 3 unspecified atom stereocenters. The third kappa shape index (κ3) is 4.51. The van der Waals surface area contributed by atoms with Gasteiger partial charge in [0.2, 0.25) is 0 Å². The Morgan fingerprint density at radius 3 is 2.85 bits per heavy atom. The molecule has 8 nitrogen and oxygen atoms in total. The van der Waals surface area contributed by atoms with E-state index in [2.05, 4.69) is 26.0 Å². The van der Waals surface area contributed by atoms with Crippen LogP contribution in [0.3, 0.4) is 0 Å². The van der Waals surface area contributed by atoms with Crippen molar-refractivity contribution < 1.29 is 27.5 Å². The zero-order valence-corrected chi connectivity index (χ0v) is 18.4. The summed E-state index contributed by atoms with van der Waals surface area (Å²) < 4.78 is 42.1. The van der Waals surface area contributed by atoms with E-state index in [1.54, 1.807) is 6.07 Å². The molecule has 1 aromatic rings. The largest absolute Gasteiger partial charge is 0.573 e. The van der Waals surface area contributed by atoms with Crippen molar-refractivity contribution in [3.05, 3.63) is 34.9 Å². The second-order valence-electron chi connectivity index (χ2n) is 8.48. The first-order chi connectivity index (χ1) is 15.8. The molecule has 0 bridgehead atoms. The minimum absolute atomic E-state index is 0.0403. The minimum atomic E-state index is -4.82. The summed E-state index contributed by atoms with van der Waals surface area (Å²) in [5.41, 5.74) is 0.905. The number of hydrogen-bond donors (Lipinski definition) is 4. The number of thioether (sulfide) groups is 1. The Morgan fingerprint density at radius 1 is 1.24 bits per heavy atom. The molecular formula is C21H24F3N5O3S. The van der Waals surface area contributed by atoms with E-state index < -0.39 is 12.4 Å². The summed E-state index contributed by atoms with van der Waals surface area (Å²) in [5, 5.41) is 12.5. The number of hydrogen-bond acceptors (Lipinski definition) is 6. The number of benzene rings is 1. The maximum atomic E-state index is 13.1. The van der Waals surface area contributed by atoms with Crippen LogP contribution in [0.2, 0.25) is 0 Å². The fourth-order valence-electron chi connectivity index (χ4n) is 4.98. The summed E-state index contributed by atoms with van der Waals surface area (Å²) in [6, 6.07) is 4.69. The van der Waals surface area contributed by atoms with Crippen molar-refractivity contribution in [1.29, 1.82) is 0 Å². The van der Waals surface area contributed by atoms with Crippen LogP contribution in [0.5, 0.6) is 5.75 Å². The van der Waals surface area contributed by atoms with Crippen LogP contribution in [0.25, 0.3) is 0 Å². The van der Waals surface area contributed by atoms with E-state index in [1.165, 1.54) is 34.9 Å². The highest BCUT2D eigenvalue weighted by Crippen LogP contribution is 2.48. The maximum Gasteiger partial charge on any atom is 0.573 e. The van der Waals surface area contributed by atoms with Gasteiger partial charge in [-0.2, -0.15) is 0 Å². The molecule has 1 aromatic carbocycles. The van der Waals surface area contributed by atoms with Crippen LogP contribution >= 0.6 is 11.8 Å². The number of carbonyl (C=O) groups is 2. The van der Waals surface area contributed by atoms with E-state index in [0.717, 1.165) is 19.4 Å². The molecule has 0 aliphatic carbocycles. The number of anilines is 1. The van der Waals surface area contributed by atoms with Gasteiger partial charge >= 0.3 is 12.4 Å². The molecule has 0 radical (unpaired) electrons. The van der Waals surface area contributed by atoms with Gasteiger partial charge in [0.15, 0.2) is 0 Å². The van der Waals surface area contributed by atoms with Crippen molar-refractivity contribution in [2.45, 2.75) is 43.1 Å². The Balaban J connectivity index is 1.41. The zero-order valence-electron chi connectivity index (χ0n) is 17.6. The third-order valence-corrected chi connectivity index (χ3v) is 7.66. The van der Waals surface area contributed by atoms with Gasteiger partial charge in [-0.25, -0.2) is 4.79 Å². The lowest BCUT2D eigenvalue weighted by Crippen LogP contribution is -2.62. The Kier molecular flexibility index (Phi) is 5.91. The number of ether oxygens (including phenoxy) is 1. The Morgan fingerprint density at radius 2 is 2.09 bits per heavy atom. The summed E-state index contributed by atoms with van der Waals surface area (Å²) >= 11 is 1.40. The lowest BCUT2D eigenvalue weighted by atomic mass is 9.86. The molecule has 4 aliphatic heterocycles. The first-order valence-corrected chi connectivity index (χ1v) is 11.8. The lowest BCUT2D eigenvalue weighted by molar-refractivity contribution is -0.274. The van der Waals surface area contributed by atoms with Gasteiger partial charge in [0.05, 0.1) is 16.3 Å². The smallest absolute Gasteiger partial charge is 0.406 e. The number of carbonyl (C=O) groups excluding carboxylic acids is 2. The van der Waals surface area contributed by atoms with Gasteiger partial charge in [-0.3, -0.25) is 9.69 Å². The molecule has 4 N–H and O–H groups in total. The molecule has 4 aliphatic rings. The van der Waals surface area contributed by atoms with Crippen LogP contribution in [-0.4, -0.2) is 55.4 Å². The molecular weight excluding hydrogens is 459 g/mol. The van der Waals surface area contributed by atoms with Crippen LogP contribution < -0.4 is 30.9 Å². The first-order valence-electron chi connectivity index (χ1n) is 10.9. The molecule has 12 heteroatoms. The highest BCUT2D eigenvalue weighted by molar-refractivity contribution is 8.04. The molecule has 0 saturated carbocycles. The fraction of sp³-hybridized carbons (Fsp3) is 0.524. The summed E-state index contributed by atoms with van der Waals surface area (Å²) in [6.07, 6.45) is -2.33. The van der Waals surface area contributed by atoms with Crippen LogP contribution in [-0.2, 0) is 4.79 Å². The van der Waals surface area contributed by atoms with Crippen molar-refractivity contribution >= 4 is 29.4 Å². The number of piperidine rings is 2. The van der Waals surface area contributed by atoms with Gasteiger partial charge in [0.1, 0.15) is 5.75 Å². The molecule has 3 amide bonds. The number of halogens is 3. The highest BCUT2D eigenvalue weighted by atomic mass is 32.2. The third-order valence-electron chi connectivity index (χ3n) is 6.31. The number of rotatable bonds is 4.